The highest BCUT2D eigenvalue weighted by Crippen LogP contribution is 2.37. The van der Waals surface area contributed by atoms with Crippen molar-refractivity contribution in [3.8, 4) is 23.0 Å². The summed E-state index contributed by atoms with van der Waals surface area (Å²) in [7, 11) is 2.94. The maximum absolute atomic E-state index is 12.2. The molecule has 0 saturated heterocycles. The highest BCUT2D eigenvalue weighted by molar-refractivity contribution is 5.96. The Bertz CT molecular complexity index is 927. The lowest BCUT2D eigenvalue weighted by atomic mass is 10.1. The lowest BCUT2D eigenvalue weighted by molar-refractivity contribution is -0.385. The minimum atomic E-state index is -0.570. The van der Waals surface area contributed by atoms with Crippen molar-refractivity contribution in [3.63, 3.8) is 0 Å². The minimum absolute atomic E-state index is 0.0108. The van der Waals surface area contributed by atoms with E-state index in [4.69, 9.17) is 18.9 Å². The first-order chi connectivity index (χ1) is 13.0. The first-order valence-corrected chi connectivity index (χ1v) is 7.67. The van der Waals surface area contributed by atoms with Gasteiger partial charge in [-0.05, 0) is 24.3 Å². The van der Waals surface area contributed by atoms with Crippen LogP contribution in [0.4, 0.5) is 5.69 Å². The lowest BCUT2D eigenvalue weighted by Crippen LogP contribution is -2.17. The van der Waals surface area contributed by atoms with Crippen molar-refractivity contribution in [1.29, 1.82) is 0 Å². The van der Waals surface area contributed by atoms with Crippen LogP contribution in [0.1, 0.15) is 15.9 Å². The van der Waals surface area contributed by atoms with E-state index in [0.717, 1.165) is 0 Å². The Morgan fingerprint density at radius 1 is 1.19 bits per heavy atom. The number of carbonyl (C=O) groups is 1. The molecule has 0 radical (unpaired) electrons. The molecular weight excluding hydrogens is 358 g/mol. The highest BCUT2D eigenvalue weighted by atomic mass is 16.7. The molecule has 0 atom stereocenters. The van der Waals surface area contributed by atoms with E-state index in [9.17, 15) is 14.9 Å². The number of fused-ring (bicyclic) bond motifs is 1. The largest absolute Gasteiger partial charge is 0.493 e. The zero-order chi connectivity index (χ0) is 19.4. The first kappa shape index (κ1) is 18.0. The molecule has 2 aromatic carbocycles. The van der Waals surface area contributed by atoms with E-state index in [-0.39, 0.29) is 29.4 Å². The second kappa shape index (κ2) is 7.60. The van der Waals surface area contributed by atoms with Crippen molar-refractivity contribution in [2.75, 3.05) is 21.0 Å². The van der Waals surface area contributed by atoms with E-state index in [0.29, 0.717) is 17.2 Å². The van der Waals surface area contributed by atoms with Gasteiger partial charge in [-0.15, -0.1) is 0 Å². The summed E-state index contributed by atoms with van der Waals surface area (Å²) in [6, 6.07) is 7.29. The maximum atomic E-state index is 12.2. The average Bonchev–Trinajstić information content (AvgIpc) is 3.13. The minimum Gasteiger partial charge on any atom is -0.493 e. The number of hydrazone groups is 1. The van der Waals surface area contributed by atoms with Crippen LogP contribution in [0.5, 0.6) is 23.0 Å². The third-order valence-corrected chi connectivity index (χ3v) is 3.73. The Kier molecular flexibility index (Phi) is 5.06. The van der Waals surface area contributed by atoms with E-state index >= 15 is 0 Å². The summed E-state index contributed by atoms with van der Waals surface area (Å²) in [5.41, 5.74) is 2.54. The van der Waals surface area contributed by atoms with Gasteiger partial charge in [0.05, 0.1) is 37.0 Å². The van der Waals surface area contributed by atoms with Gasteiger partial charge >= 0.3 is 0 Å². The smallest absolute Gasteiger partial charge is 0.282 e. The van der Waals surface area contributed by atoms with Crippen LogP contribution in [0, 0.1) is 10.1 Å². The van der Waals surface area contributed by atoms with Crippen molar-refractivity contribution in [2.24, 2.45) is 5.10 Å². The molecule has 0 spiro atoms. The van der Waals surface area contributed by atoms with Gasteiger partial charge in [-0.3, -0.25) is 14.9 Å². The summed E-state index contributed by atoms with van der Waals surface area (Å²) in [6.45, 7) is -0.0108. The third kappa shape index (κ3) is 3.73. The second-order valence-corrected chi connectivity index (χ2v) is 5.29. The summed E-state index contributed by atoms with van der Waals surface area (Å²) >= 11 is 0. The summed E-state index contributed by atoms with van der Waals surface area (Å²) in [5, 5.41) is 15.0. The number of nitrogens with one attached hydrogen (secondary N) is 1. The van der Waals surface area contributed by atoms with Gasteiger partial charge in [0, 0.05) is 5.56 Å². The SMILES string of the molecule is COc1ccc(C(=O)N/N=C\c2cc3c(cc2[N+](=O)[O-])OCO3)cc1OC. The molecule has 10 heteroatoms. The maximum Gasteiger partial charge on any atom is 0.282 e. The Labute approximate surface area is 153 Å². The molecule has 1 amide bonds. The number of hydrogen-bond acceptors (Lipinski definition) is 8. The van der Waals surface area contributed by atoms with Crippen LogP contribution in [0.2, 0.25) is 0 Å². The average molecular weight is 373 g/mol. The molecule has 10 nitrogen and oxygen atoms in total. The molecule has 2 aromatic rings. The fourth-order valence-corrected chi connectivity index (χ4v) is 2.41. The molecular formula is C17H15N3O7. The van der Waals surface area contributed by atoms with E-state index in [1.165, 1.54) is 44.7 Å². The van der Waals surface area contributed by atoms with Crippen LogP contribution in [0.15, 0.2) is 35.4 Å². The third-order valence-electron chi connectivity index (χ3n) is 3.73. The van der Waals surface area contributed by atoms with Crippen molar-refractivity contribution in [3.05, 3.63) is 51.6 Å². The fraction of sp³-hybridized carbons (Fsp3) is 0.176. The number of ether oxygens (including phenoxy) is 4. The van der Waals surface area contributed by atoms with Gasteiger partial charge in [-0.25, -0.2) is 5.43 Å². The molecule has 0 saturated carbocycles. The van der Waals surface area contributed by atoms with E-state index in [1.807, 2.05) is 0 Å². The first-order valence-electron chi connectivity index (χ1n) is 7.67. The number of nitrogens with zero attached hydrogens (tertiary/aromatic N) is 2. The number of carbonyl (C=O) groups excluding carboxylic acids is 1. The molecule has 1 N–H and O–H groups in total. The standard InChI is InChI=1S/C17H15N3O7/c1-24-13-4-3-10(5-14(13)25-2)17(21)19-18-8-11-6-15-16(27-9-26-15)7-12(11)20(22)23/h3-8H,9H2,1-2H3,(H,19,21)/b18-8-. The second-order valence-electron chi connectivity index (χ2n) is 5.29. The van der Waals surface area contributed by atoms with Crippen molar-refractivity contribution >= 4 is 17.8 Å². The Morgan fingerprint density at radius 3 is 2.56 bits per heavy atom. The number of methoxy groups -OCH3 is 2. The van der Waals surface area contributed by atoms with Gasteiger partial charge < -0.3 is 18.9 Å². The van der Waals surface area contributed by atoms with Gasteiger partial charge in [-0.1, -0.05) is 0 Å². The lowest BCUT2D eigenvalue weighted by Gasteiger charge is -2.08. The summed E-state index contributed by atoms with van der Waals surface area (Å²) < 4.78 is 20.6. The molecule has 140 valence electrons. The van der Waals surface area contributed by atoms with Crippen molar-refractivity contribution < 1.29 is 28.7 Å². The van der Waals surface area contributed by atoms with Crippen LogP contribution in [0.3, 0.4) is 0 Å². The topological polar surface area (TPSA) is 122 Å². The summed E-state index contributed by atoms with van der Waals surface area (Å²) in [6.07, 6.45) is 1.17. The summed E-state index contributed by atoms with van der Waals surface area (Å²) in [5.74, 6) is 1.01. The van der Waals surface area contributed by atoms with Gasteiger partial charge in [0.2, 0.25) is 6.79 Å². The number of rotatable bonds is 6. The molecule has 27 heavy (non-hydrogen) atoms. The molecule has 0 unspecified atom stereocenters. The monoisotopic (exact) mass is 373 g/mol. The molecule has 0 aromatic heterocycles. The molecule has 1 aliphatic rings. The number of nitro groups is 1. The molecule has 0 bridgehead atoms. The molecule has 3 rings (SSSR count). The van der Waals surface area contributed by atoms with E-state index in [1.54, 1.807) is 6.07 Å². The predicted octanol–water partition coefficient (Wildman–Crippen LogP) is 2.10. The highest BCUT2D eigenvalue weighted by Gasteiger charge is 2.22. The summed E-state index contributed by atoms with van der Waals surface area (Å²) in [4.78, 5) is 22.8. The molecule has 0 aliphatic carbocycles. The normalized spacial score (nSPS) is 12.1. The predicted molar refractivity (Wildman–Crippen MR) is 93.8 cm³/mol. The van der Waals surface area contributed by atoms with Gasteiger partial charge in [-0.2, -0.15) is 5.10 Å². The van der Waals surface area contributed by atoms with Crippen LogP contribution >= 0.6 is 0 Å². The van der Waals surface area contributed by atoms with Gasteiger partial charge in [0.1, 0.15) is 0 Å². The fourth-order valence-electron chi connectivity index (χ4n) is 2.41. The molecule has 1 heterocycles. The van der Waals surface area contributed by atoms with Gasteiger partial charge in [0.25, 0.3) is 11.6 Å². The zero-order valence-corrected chi connectivity index (χ0v) is 14.4. The Balaban J connectivity index is 1.78. The van der Waals surface area contributed by atoms with Crippen LogP contribution in [-0.4, -0.2) is 38.1 Å². The molecule has 0 fully saturated rings. The van der Waals surface area contributed by atoms with E-state index < -0.39 is 10.8 Å². The number of benzene rings is 2. The number of hydrogen-bond donors (Lipinski definition) is 1. The Hall–Kier alpha value is -3.82. The van der Waals surface area contributed by atoms with Crippen molar-refractivity contribution in [2.45, 2.75) is 0 Å². The number of amides is 1. The van der Waals surface area contributed by atoms with Crippen molar-refractivity contribution in [1.82, 2.24) is 5.43 Å². The van der Waals surface area contributed by atoms with Gasteiger partial charge in [0.15, 0.2) is 23.0 Å². The van der Waals surface area contributed by atoms with Crippen LogP contribution in [-0.2, 0) is 0 Å². The van der Waals surface area contributed by atoms with Crippen LogP contribution in [0.25, 0.3) is 0 Å². The van der Waals surface area contributed by atoms with Crippen LogP contribution < -0.4 is 24.4 Å². The number of nitro benzene ring substituents is 1. The Morgan fingerprint density at radius 2 is 1.89 bits per heavy atom. The van der Waals surface area contributed by atoms with E-state index in [2.05, 4.69) is 10.5 Å². The molecule has 1 aliphatic heterocycles. The quantitative estimate of drug-likeness (QED) is 0.467. The zero-order valence-electron chi connectivity index (χ0n) is 14.4.